The van der Waals surface area contributed by atoms with Crippen molar-refractivity contribution in [2.24, 2.45) is 0 Å². The molecule has 4 nitrogen and oxygen atoms in total. The summed E-state index contributed by atoms with van der Waals surface area (Å²) < 4.78 is 4.25. The van der Waals surface area contributed by atoms with E-state index in [0.717, 1.165) is 35.0 Å². The first-order valence-electron chi connectivity index (χ1n) is 14.5. The van der Waals surface area contributed by atoms with E-state index in [0.29, 0.717) is 0 Å². The van der Waals surface area contributed by atoms with Crippen LogP contribution in [0.5, 0.6) is 0 Å². The summed E-state index contributed by atoms with van der Waals surface area (Å²) in [4.78, 5) is 0. The molecule has 0 aliphatic heterocycles. The van der Waals surface area contributed by atoms with Crippen LogP contribution in [-0.2, 0) is 4.74 Å². The molecule has 0 fully saturated rings. The van der Waals surface area contributed by atoms with Crippen LogP contribution in [0.15, 0.2) is 152 Å². The van der Waals surface area contributed by atoms with E-state index in [9.17, 15) is 0 Å². The zero-order chi connectivity index (χ0) is 30.4. The number of allylic oxidation sites excluding steroid dienone is 3. The quantitative estimate of drug-likeness (QED) is 0.110. The fraction of sp³-hybridized carbons (Fsp3) is 0.128. The lowest BCUT2D eigenvalue weighted by Gasteiger charge is -2.23. The molecular formula is C39H41N3O. The second kappa shape index (κ2) is 15.8. The van der Waals surface area contributed by atoms with Gasteiger partial charge in [0.05, 0.1) is 0 Å². The van der Waals surface area contributed by atoms with Crippen molar-refractivity contribution in [1.82, 2.24) is 0 Å². The monoisotopic (exact) mass is 567 g/mol. The van der Waals surface area contributed by atoms with Gasteiger partial charge in [0.1, 0.15) is 0 Å². The minimum Gasteiger partial charge on any atom is -0.388 e. The van der Waals surface area contributed by atoms with Crippen LogP contribution in [-0.4, -0.2) is 20.8 Å². The van der Waals surface area contributed by atoms with Crippen molar-refractivity contribution in [1.29, 1.82) is 0 Å². The second-order valence-electron chi connectivity index (χ2n) is 10.0. The molecule has 3 N–H and O–H groups in total. The smallest absolute Gasteiger partial charge is 0.0419 e. The van der Waals surface area contributed by atoms with Crippen LogP contribution >= 0.6 is 0 Å². The number of fused-ring (bicyclic) bond motifs is 1. The Morgan fingerprint density at radius 2 is 1.26 bits per heavy atom. The number of hydrogen-bond acceptors (Lipinski definition) is 4. The van der Waals surface area contributed by atoms with Gasteiger partial charge in [0.15, 0.2) is 0 Å². The van der Waals surface area contributed by atoms with Crippen LogP contribution in [0.4, 0.5) is 22.7 Å². The molecule has 0 amide bonds. The lowest BCUT2D eigenvalue weighted by Crippen LogP contribution is -2.06. The van der Waals surface area contributed by atoms with Gasteiger partial charge in [0.25, 0.3) is 0 Å². The fourth-order valence-electron chi connectivity index (χ4n) is 5.13. The number of hydrogen-bond donors (Lipinski definition) is 3. The highest BCUT2D eigenvalue weighted by molar-refractivity contribution is 5.97. The van der Waals surface area contributed by atoms with Crippen molar-refractivity contribution in [3.63, 3.8) is 0 Å². The molecule has 0 saturated heterocycles. The van der Waals surface area contributed by atoms with Crippen LogP contribution in [0, 0.1) is 0 Å². The lowest BCUT2D eigenvalue weighted by molar-refractivity contribution is 0.277. The predicted octanol–water partition coefficient (Wildman–Crippen LogP) is 10.1. The largest absolute Gasteiger partial charge is 0.388 e. The molecule has 5 aromatic carbocycles. The standard InChI is InChI=1S/C37H35N3.C2H6O/c1-4-12-29(5-2)39-31-21-17-27(18-22-31)37(28-19-23-32(24-20-28)40-30-13-8-7-9-14-30)35-25-26-36(38-6-3)34-16-11-10-15-33(34)35;1-3-2/h4-5,7-26,37-40H,1-2,6H2,3H3;1-2H3/b29-12+;. The van der Waals surface area contributed by atoms with Gasteiger partial charge in [-0.1, -0.05) is 92.0 Å². The van der Waals surface area contributed by atoms with Gasteiger partial charge in [-0.25, -0.2) is 0 Å². The summed E-state index contributed by atoms with van der Waals surface area (Å²) >= 11 is 0. The predicted molar refractivity (Wildman–Crippen MR) is 187 cm³/mol. The van der Waals surface area contributed by atoms with E-state index in [2.05, 4.69) is 138 Å². The van der Waals surface area contributed by atoms with Gasteiger partial charge in [-0.2, -0.15) is 0 Å². The van der Waals surface area contributed by atoms with Gasteiger partial charge in [0, 0.05) is 60.5 Å². The van der Waals surface area contributed by atoms with Crippen LogP contribution in [0.2, 0.25) is 0 Å². The van der Waals surface area contributed by atoms with Gasteiger partial charge in [-0.05, 0) is 83.6 Å². The molecule has 1 atom stereocenters. The van der Waals surface area contributed by atoms with Gasteiger partial charge >= 0.3 is 0 Å². The first kappa shape index (κ1) is 30.9. The van der Waals surface area contributed by atoms with E-state index >= 15 is 0 Å². The molecule has 0 spiro atoms. The fourth-order valence-corrected chi connectivity index (χ4v) is 5.13. The van der Waals surface area contributed by atoms with Crippen molar-refractivity contribution in [2.75, 3.05) is 36.7 Å². The number of benzene rings is 5. The zero-order valence-electron chi connectivity index (χ0n) is 25.3. The summed E-state index contributed by atoms with van der Waals surface area (Å²) in [6.07, 6.45) is 5.46. The molecule has 0 radical (unpaired) electrons. The molecule has 0 heterocycles. The molecule has 0 bridgehead atoms. The Morgan fingerprint density at radius 3 is 1.84 bits per heavy atom. The molecule has 43 heavy (non-hydrogen) atoms. The Kier molecular flexibility index (Phi) is 11.4. The lowest BCUT2D eigenvalue weighted by atomic mass is 9.82. The molecule has 0 aliphatic carbocycles. The molecule has 1 unspecified atom stereocenters. The third-order valence-electron chi connectivity index (χ3n) is 6.99. The summed E-state index contributed by atoms with van der Waals surface area (Å²) in [5.74, 6) is 0.0583. The number of para-hydroxylation sites is 1. The highest BCUT2D eigenvalue weighted by Gasteiger charge is 2.20. The minimum absolute atomic E-state index is 0.0583. The summed E-state index contributed by atoms with van der Waals surface area (Å²) in [7, 11) is 3.25. The maximum atomic E-state index is 4.25. The van der Waals surface area contributed by atoms with Crippen molar-refractivity contribution in [3.05, 3.63) is 169 Å². The van der Waals surface area contributed by atoms with Crippen LogP contribution in [0.25, 0.3) is 10.8 Å². The summed E-state index contributed by atoms with van der Waals surface area (Å²) in [5, 5.41) is 12.9. The maximum absolute atomic E-state index is 4.25. The Balaban J connectivity index is 0.00000135. The van der Waals surface area contributed by atoms with E-state index < -0.39 is 0 Å². The summed E-state index contributed by atoms with van der Waals surface area (Å²) in [5.41, 5.74) is 8.95. The summed E-state index contributed by atoms with van der Waals surface area (Å²) in [6.45, 7) is 10.7. The Bertz CT molecular complexity index is 1640. The average molecular weight is 568 g/mol. The molecule has 5 aromatic rings. The maximum Gasteiger partial charge on any atom is 0.0419 e. The third-order valence-corrected chi connectivity index (χ3v) is 6.99. The number of methoxy groups -OCH3 is 1. The third kappa shape index (κ3) is 8.03. The van der Waals surface area contributed by atoms with E-state index in [1.54, 1.807) is 26.4 Å². The van der Waals surface area contributed by atoms with Crippen LogP contribution in [0.1, 0.15) is 29.5 Å². The van der Waals surface area contributed by atoms with Gasteiger partial charge in [-0.3, -0.25) is 0 Å². The molecular weight excluding hydrogens is 526 g/mol. The van der Waals surface area contributed by atoms with Gasteiger partial charge in [-0.15, -0.1) is 0 Å². The van der Waals surface area contributed by atoms with Crippen molar-refractivity contribution < 1.29 is 4.74 Å². The number of nitrogens with one attached hydrogen (secondary N) is 3. The van der Waals surface area contributed by atoms with E-state index in [4.69, 9.17) is 0 Å². The number of anilines is 4. The Morgan fingerprint density at radius 1 is 0.698 bits per heavy atom. The van der Waals surface area contributed by atoms with E-state index in [1.807, 2.05) is 24.3 Å². The van der Waals surface area contributed by atoms with Crippen LogP contribution < -0.4 is 16.0 Å². The highest BCUT2D eigenvalue weighted by atomic mass is 16.4. The van der Waals surface area contributed by atoms with Crippen molar-refractivity contribution >= 4 is 33.5 Å². The van der Waals surface area contributed by atoms with Crippen molar-refractivity contribution in [2.45, 2.75) is 12.8 Å². The van der Waals surface area contributed by atoms with Crippen LogP contribution in [0.3, 0.4) is 0 Å². The average Bonchev–Trinajstić information content (AvgIpc) is 3.04. The molecule has 0 aromatic heterocycles. The van der Waals surface area contributed by atoms with Gasteiger partial charge in [0.2, 0.25) is 0 Å². The highest BCUT2D eigenvalue weighted by Crippen LogP contribution is 2.39. The number of ether oxygens (including phenoxy) is 1. The molecule has 4 heteroatoms. The molecule has 218 valence electrons. The molecule has 5 rings (SSSR count). The topological polar surface area (TPSA) is 45.3 Å². The second-order valence-corrected chi connectivity index (χ2v) is 10.0. The van der Waals surface area contributed by atoms with E-state index in [1.165, 1.54) is 27.5 Å². The first-order valence-corrected chi connectivity index (χ1v) is 14.5. The minimum atomic E-state index is 0.0583. The number of rotatable bonds is 11. The molecule has 0 aliphatic rings. The Labute approximate surface area is 256 Å². The zero-order valence-corrected chi connectivity index (χ0v) is 25.3. The van der Waals surface area contributed by atoms with E-state index in [-0.39, 0.29) is 5.92 Å². The summed E-state index contributed by atoms with van der Waals surface area (Å²) in [6, 6.07) is 40.9. The van der Waals surface area contributed by atoms with Crippen molar-refractivity contribution in [3.8, 4) is 0 Å². The normalized spacial score (nSPS) is 11.6. The van der Waals surface area contributed by atoms with Gasteiger partial charge < -0.3 is 20.7 Å². The first-order chi connectivity index (χ1) is 21.1. The molecule has 0 saturated carbocycles. The SMILES string of the molecule is C=C/C=C(\C=C)Nc1ccc(C(c2ccc(Nc3ccccc3)cc2)c2ccc(NCC)c3ccccc23)cc1.COC. The Hall–Kier alpha value is -5.06.